The van der Waals surface area contributed by atoms with E-state index >= 15 is 0 Å². The Balaban J connectivity index is 1.98. The quantitative estimate of drug-likeness (QED) is 0.759. The van der Waals surface area contributed by atoms with Crippen LogP contribution in [0.4, 0.5) is 0 Å². The fraction of sp³-hybridized carbons (Fsp3) is 0.235. The van der Waals surface area contributed by atoms with Crippen molar-refractivity contribution in [2.75, 3.05) is 0 Å². The maximum atomic E-state index is 12.2. The Kier molecular flexibility index (Phi) is 4.43. The molecule has 23 heavy (non-hydrogen) atoms. The van der Waals surface area contributed by atoms with Gasteiger partial charge in [0.05, 0.1) is 0 Å². The molecule has 2 heterocycles. The first-order valence-electron chi connectivity index (χ1n) is 7.50. The molecule has 0 aliphatic rings. The van der Waals surface area contributed by atoms with Crippen LogP contribution < -0.4 is 5.32 Å². The number of hydrogen-bond donors (Lipinski definition) is 1. The van der Waals surface area contributed by atoms with Crippen LogP contribution in [0.1, 0.15) is 30.6 Å². The Morgan fingerprint density at radius 2 is 2.09 bits per heavy atom. The predicted molar refractivity (Wildman–Crippen MR) is 93.3 cm³/mol. The minimum atomic E-state index is -0.0905. The monoisotopic (exact) mass is 372 g/mol. The Morgan fingerprint density at radius 3 is 2.83 bits per heavy atom. The summed E-state index contributed by atoms with van der Waals surface area (Å²) in [5.41, 5.74) is 2.19. The van der Waals surface area contributed by atoms with Gasteiger partial charge in [0.2, 0.25) is 0 Å². The fourth-order valence-corrected chi connectivity index (χ4v) is 2.73. The van der Waals surface area contributed by atoms with Crippen LogP contribution in [0.25, 0.3) is 17.0 Å². The average Bonchev–Trinajstić information content (AvgIpc) is 2.98. The lowest BCUT2D eigenvalue weighted by Gasteiger charge is -2.11. The third kappa shape index (κ3) is 3.12. The number of carbonyl (C=O) groups excluding carboxylic acids is 1. The Labute approximate surface area is 142 Å². The standard InChI is InChI=1S/C17H17BrN4O/c1-3-11(2)19-17(23)12-8-9-22-15(10-12)20-21-16(22)13-6-4-5-7-14(13)18/h4-11H,3H2,1-2H3,(H,19,23). The average molecular weight is 373 g/mol. The van der Waals surface area contributed by atoms with E-state index in [1.165, 1.54) is 0 Å². The van der Waals surface area contributed by atoms with Crippen molar-refractivity contribution in [1.82, 2.24) is 19.9 Å². The number of amides is 1. The summed E-state index contributed by atoms with van der Waals surface area (Å²) in [7, 11) is 0. The van der Waals surface area contributed by atoms with Gasteiger partial charge in [-0.15, -0.1) is 10.2 Å². The highest BCUT2D eigenvalue weighted by Gasteiger charge is 2.14. The van der Waals surface area contributed by atoms with Crippen molar-refractivity contribution in [3.05, 3.63) is 52.6 Å². The number of fused-ring (bicyclic) bond motifs is 1. The second-order valence-electron chi connectivity index (χ2n) is 5.43. The Bertz CT molecular complexity index is 859. The zero-order valence-electron chi connectivity index (χ0n) is 13.0. The number of rotatable bonds is 4. The molecule has 0 saturated carbocycles. The highest BCUT2D eigenvalue weighted by atomic mass is 79.9. The van der Waals surface area contributed by atoms with Crippen molar-refractivity contribution >= 4 is 27.5 Å². The number of aromatic nitrogens is 3. The molecule has 118 valence electrons. The molecule has 0 radical (unpaired) electrons. The summed E-state index contributed by atoms with van der Waals surface area (Å²) in [5, 5.41) is 11.4. The van der Waals surface area contributed by atoms with Gasteiger partial charge in [-0.05, 0) is 31.5 Å². The van der Waals surface area contributed by atoms with Gasteiger partial charge in [0.15, 0.2) is 11.5 Å². The van der Waals surface area contributed by atoms with E-state index < -0.39 is 0 Å². The molecule has 2 aromatic heterocycles. The molecule has 5 nitrogen and oxygen atoms in total. The van der Waals surface area contributed by atoms with Crippen LogP contribution in [0, 0.1) is 0 Å². The maximum absolute atomic E-state index is 12.2. The molecule has 0 saturated heterocycles. The number of carbonyl (C=O) groups is 1. The van der Waals surface area contributed by atoms with Crippen molar-refractivity contribution < 1.29 is 4.79 Å². The summed E-state index contributed by atoms with van der Waals surface area (Å²) in [6.07, 6.45) is 2.72. The molecular weight excluding hydrogens is 356 g/mol. The van der Waals surface area contributed by atoms with E-state index in [0.717, 1.165) is 22.3 Å². The van der Waals surface area contributed by atoms with Gasteiger partial charge in [-0.1, -0.05) is 41.1 Å². The molecule has 6 heteroatoms. The minimum absolute atomic E-state index is 0.0905. The first-order chi connectivity index (χ1) is 11.1. The molecule has 1 atom stereocenters. The number of halogens is 1. The molecule has 3 rings (SSSR count). The molecule has 0 fully saturated rings. The van der Waals surface area contributed by atoms with Crippen LogP contribution in [0.15, 0.2) is 47.1 Å². The number of pyridine rings is 1. The third-order valence-electron chi connectivity index (χ3n) is 3.78. The summed E-state index contributed by atoms with van der Waals surface area (Å²) < 4.78 is 2.83. The van der Waals surface area contributed by atoms with Crippen LogP contribution in [-0.2, 0) is 0 Å². The largest absolute Gasteiger partial charge is 0.350 e. The van der Waals surface area contributed by atoms with Crippen LogP contribution in [-0.4, -0.2) is 26.5 Å². The second kappa shape index (κ2) is 6.50. The molecule has 0 aliphatic heterocycles. The number of benzene rings is 1. The van der Waals surface area contributed by atoms with E-state index in [4.69, 9.17) is 0 Å². The van der Waals surface area contributed by atoms with E-state index in [-0.39, 0.29) is 11.9 Å². The van der Waals surface area contributed by atoms with E-state index in [0.29, 0.717) is 11.2 Å². The lowest BCUT2D eigenvalue weighted by molar-refractivity contribution is 0.0939. The highest BCUT2D eigenvalue weighted by molar-refractivity contribution is 9.10. The minimum Gasteiger partial charge on any atom is -0.350 e. The first kappa shape index (κ1) is 15.7. The van der Waals surface area contributed by atoms with Crippen molar-refractivity contribution in [3.8, 4) is 11.4 Å². The molecule has 1 amide bonds. The highest BCUT2D eigenvalue weighted by Crippen LogP contribution is 2.26. The summed E-state index contributed by atoms with van der Waals surface area (Å²) in [6.45, 7) is 4.02. The normalized spacial score (nSPS) is 12.3. The Morgan fingerprint density at radius 1 is 1.30 bits per heavy atom. The lowest BCUT2D eigenvalue weighted by atomic mass is 10.2. The fourth-order valence-electron chi connectivity index (χ4n) is 2.27. The van der Waals surface area contributed by atoms with Crippen molar-refractivity contribution in [3.63, 3.8) is 0 Å². The lowest BCUT2D eigenvalue weighted by Crippen LogP contribution is -2.31. The van der Waals surface area contributed by atoms with Crippen molar-refractivity contribution in [2.24, 2.45) is 0 Å². The zero-order valence-corrected chi connectivity index (χ0v) is 14.5. The molecule has 3 aromatic rings. The third-order valence-corrected chi connectivity index (χ3v) is 4.47. The van der Waals surface area contributed by atoms with E-state index in [1.54, 1.807) is 12.1 Å². The van der Waals surface area contributed by atoms with Gasteiger partial charge in [-0.25, -0.2) is 0 Å². The topological polar surface area (TPSA) is 59.3 Å². The molecule has 0 spiro atoms. The van der Waals surface area contributed by atoms with Crippen molar-refractivity contribution in [1.29, 1.82) is 0 Å². The van der Waals surface area contributed by atoms with Crippen LogP contribution >= 0.6 is 15.9 Å². The number of hydrogen-bond acceptors (Lipinski definition) is 3. The van der Waals surface area contributed by atoms with E-state index in [9.17, 15) is 4.79 Å². The molecule has 1 unspecified atom stereocenters. The van der Waals surface area contributed by atoms with Crippen LogP contribution in [0.3, 0.4) is 0 Å². The first-order valence-corrected chi connectivity index (χ1v) is 8.30. The Hall–Kier alpha value is -2.21. The second-order valence-corrected chi connectivity index (χ2v) is 6.28. The summed E-state index contributed by atoms with van der Waals surface area (Å²) >= 11 is 3.53. The van der Waals surface area contributed by atoms with Gasteiger partial charge >= 0.3 is 0 Å². The van der Waals surface area contributed by atoms with Gasteiger partial charge < -0.3 is 5.32 Å². The van der Waals surface area contributed by atoms with Gasteiger partial charge in [0.25, 0.3) is 5.91 Å². The smallest absolute Gasteiger partial charge is 0.251 e. The summed E-state index contributed by atoms with van der Waals surface area (Å²) in [5.74, 6) is 0.647. The van der Waals surface area contributed by atoms with E-state index in [1.807, 2.05) is 48.7 Å². The van der Waals surface area contributed by atoms with Gasteiger partial charge in [-0.3, -0.25) is 9.20 Å². The summed E-state index contributed by atoms with van der Waals surface area (Å²) in [4.78, 5) is 12.2. The van der Waals surface area contributed by atoms with Crippen molar-refractivity contribution in [2.45, 2.75) is 26.3 Å². The SMILES string of the molecule is CCC(C)NC(=O)c1ccn2c(-c3ccccc3Br)nnc2c1. The van der Waals surface area contributed by atoms with Gasteiger partial charge in [-0.2, -0.15) is 0 Å². The van der Waals surface area contributed by atoms with Gasteiger partial charge in [0, 0.05) is 27.8 Å². The van der Waals surface area contributed by atoms with Crippen LogP contribution in [0.2, 0.25) is 0 Å². The van der Waals surface area contributed by atoms with Gasteiger partial charge in [0.1, 0.15) is 0 Å². The number of nitrogens with one attached hydrogen (secondary N) is 1. The zero-order chi connectivity index (χ0) is 16.4. The van der Waals surface area contributed by atoms with E-state index in [2.05, 4.69) is 31.4 Å². The molecule has 0 aliphatic carbocycles. The molecule has 1 N–H and O–H groups in total. The molecular formula is C17H17BrN4O. The molecule has 1 aromatic carbocycles. The number of nitrogens with zero attached hydrogens (tertiary/aromatic N) is 3. The predicted octanol–water partition coefficient (Wildman–Crippen LogP) is 3.69. The maximum Gasteiger partial charge on any atom is 0.251 e. The summed E-state index contributed by atoms with van der Waals surface area (Å²) in [6, 6.07) is 11.5. The molecule has 0 bridgehead atoms. The van der Waals surface area contributed by atoms with Crippen LogP contribution in [0.5, 0.6) is 0 Å².